The lowest BCUT2D eigenvalue weighted by Crippen LogP contribution is -2.28. The van der Waals surface area contributed by atoms with Gasteiger partial charge in [0.05, 0.1) is 0 Å². The number of benzene rings is 3. The molecule has 1 aliphatic rings. The van der Waals surface area contributed by atoms with Crippen molar-refractivity contribution in [2.75, 3.05) is 4.90 Å². The van der Waals surface area contributed by atoms with Gasteiger partial charge in [-0.1, -0.05) is 60.3 Å². The summed E-state index contributed by atoms with van der Waals surface area (Å²) in [6.45, 7) is 0. The van der Waals surface area contributed by atoms with Gasteiger partial charge in [-0.3, -0.25) is 9.69 Å². The third-order valence-corrected chi connectivity index (χ3v) is 5.50. The molecule has 3 nitrogen and oxygen atoms in total. The van der Waals surface area contributed by atoms with E-state index in [2.05, 4.69) is 4.99 Å². The molecule has 1 aliphatic heterocycles. The molecule has 1 amide bonds. The zero-order chi connectivity index (χ0) is 18.6. The number of nitrogens with zero attached hydrogens (tertiary/aromatic N) is 2. The molecule has 0 bridgehead atoms. The number of aliphatic imine (C=N–C) groups is 1. The Bertz CT molecular complexity index is 919. The van der Waals surface area contributed by atoms with Gasteiger partial charge in [0.2, 0.25) is 5.91 Å². The highest BCUT2D eigenvalue weighted by atomic mass is 32.2. The first kappa shape index (κ1) is 17.5. The Morgan fingerprint density at radius 1 is 0.852 bits per heavy atom. The summed E-state index contributed by atoms with van der Waals surface area (Å²) in [6, 6.07) is 26.0. The van der Waals surface area contributed by atoms with E-state index in [9.17, 15) is 9.18 Å². The molecule has 0 spiro atoms. The number of hydrogen-bond donors (Lipinski definition) is 0. The van der Waals surface area contributed by atoms with E-state index in [1.807, 2.05) is 65.6 Å². The van der Waals surface area contributed by atoms with Crippen molar-refractivity contribution in [2.24, 2.45) is 4.99 Å². The lowest BCUT2D eigenvalue weighted by atomic mass is 10.1. The number of hydrogen-bond acceptors (Lipinski definition) is 3. The van der Waals surface area contributed by atoms with Crippen molar-refractivity contribution in [3.05, 3.63) is 96.3 Å². The summed E-state index contributed by atoms with van der Waals surface area (Å²) >= 11 is 1.52. The van der Waals surface area contributed by atoms with Crippen LogP contribution in [-0.4, -0.2) is 11.1 Å². The van der Waals surface area contributed by atoms with Crippen molar-refractivity contribution in [3.63, 3.8) is 0 Å². The Kier molecular flexibility index (Phi) is 5.03. The molecule has 3 aromatic rings. The second kappa shape index (κ2) is 7.76. The Balaban J connectivity index is 1.73. The molecule has 0 saturated heterocycles. The molecule has 0 saturated carbocycles. The molecule has 27 heavy (non-hydrogen) atoms. The van der Waals surface area contributed by atoms with Crippen LogP contribution in [0.5, 0.6) is 0 Å². The van der Waals surface area contributed by atoms with E-state index in [1.165, 1.54) is 23.9 Å². The van der Waals surface area contributed by atoms with Crippen molar-refractivity contribution in [2.45, 2.75) is 11.7 Å². The number of halogens is 1. The van der Waals surface area contributed by atoms with Crippen molar-refractivity contribution in [1.82, 2.24) is 0 Å². The van der Waals surface area contributed by atoms with E-state index in [0.29, 0.717) is 11.6 Å². The normalized spacial score (nSPS) is 16.7. The van der Waals surface area contributed by atoms with Crippen molar-refractivity contribution < 1.29 is 9.18 Å². The lowest BCUT2D eigenvalue weighted by molar-refractivity contribution is -0.117. The van der Waals surface area contributed by atoms with Gasteiger partial charge < -0.3 is 0 Å². The monoisotopic (exact) mass is 376 g/mol. The molecule has 0 unspecified atom stereocenters. The number of rotatable bonds is 3. The molecule has 1 atom stereocenters. The van der Waals surface area contributed by atoms with Crippen LogP contribution in [-0.2, 0) is 4.79 Å². The molecule has 4 rings (SSSR count). The van der Waals surface area contributed by atoms with Gasteiger partial charge in [0, 0.05) is 23.0 Å². The number of thioether (sulfide) groups is 1. The zero-order valence-electron chi connectivity index (χ0n) is 14.5. The second-order valence-electron chi connectivity index (χ2n) is 6.16. The minimum atomic E-state index is -0.282. The highest BCUT2D eigenvalue weighted by Crippen LogP contribution is 2.40. The van der Waals surface area contributed by atoms with Gasteiger partial charge >= 0.3 is 0 Å². The molecule has 0 fully saturated rings. The van der Waals surface area contributed by atoms with Crippen LogP contribution in [0.15, 0.2) is 89.9 Å². The minimum absolute atomic E-state index is 0.0967. The van der Waals surface area contributed by atoms with Crippen molar-refractivity contribution in [1.29, 1.82) is 0 Å². The van der Waals surface area contributed by atoms with E-state index < -0.39 is 0 Å². The topological polar surface area (TPSA) is 32.7 Å². The molecule has 0 aromatic heterocycles. The molecular formula is C22H17FN2OS. The fourth-order valence-electron chi connectivity index (χ4n) is 3.00. The number of para-hydroxylation sites is 2. The van der Waals surface area contributed by atoms with Crippen LogP contribution in [0, 0.1) is 5.82 Å². The second-order valence-corrected chi connectivity index (χ2v) is 7.33. The van der Waals surface area contributed by atoms with Gasteiger partial charge in [0.15, 0.2) is 5.17 Å². The fourth-order valence-corrected chi connectivity index (χ4v) is 4.24. The molecular weight excluding hydrogens is 359 g/mol. The number of amidine groups is 1. The minimum Gasteiger partial charge on any atom is -0.289 e. The Morgan fingerprint density at radius 2 is 1.41 bits per heavy atom. The average Bonchev–Trinajstić information content (AvgIpc) is 2.70. The molecule has 0 aliphatic carbocycles. The molecule has 0 radical (unpaired) electrons. The van der Waals surface area contributed by atoms with E-state index in [4.69, 9.17) is 0 Å². The van der Waals surface area contributed by atoms with Crippen LogP contribution in [0.25, 0.3) is 0 Å². The summed E-state index contributed by atoms with van der Waals surface area (Å²) in [6.07, 6.45) is 0.303. The lowest BCUT2D eigenvalue weighted by Gasteiger charge is -2.30. The molecule has 3 aromatic carbocycles. The zero-order valence-corrected chi connectivity index (χ0v) is 15.3. The average molecular weight is 376 g/mol. The van der Waals surface area contributed by atoms with Gasteiger partial charge in [0.25, 0.3) is 0 Å². The van der Waals surface area contributed by atoms with Crippen LogP contribution >= 0.6 is 11.8 Å². The van der Waals surface area contributed by atoms with E-state index >= 15 is 0 Å². The summed E-state index contributed by atoms with van der Waals surface area (Å²) in [5.41, 5.74) is 2.79. The predicted octanol–water partition coefficient (Wildman–Crippen LogP) is 5.72. The van der Waals surface area contributed by atoms with Gasteiger partial charge in [-0.15, -0.1) is 0 Å². The van der Waals surface area contributed by atoms with E-state index in [0.717, 1.165) is 16.9 Å². The van der Waals surface area contributed by atoms with Crippen LogP contribution in [0.1, 0.15) is 17.2 Å². The standard InChI is InChI=1S/C22H17FN2OS/c23-17-13-11-16(12-14-17)20-15-21(26)24-22(27-20)25(18-7-3-1-4-8-18)19-9-5-2-6-10-19/h1-14,20H,15H2/t20-/m0/s1. The fraction of sp³-hybridized carbons (Fsp3) is 0.0909. The van der Waals surface area contributed by atoms with Gasteiger partial charge in [-0.05, 0) is 42.0 Å². The SMILES string of the molecule is O=C1C[C@@H](c2ccc(F)cc2)SC(N(c2ccccc2)c2ccccc2)=N1. The Hall–Kier alpha value is -2.92. The summed E-state index contributed by atoms with van der Waals surface area (Å²) in [5.74, 6) is -0.454. The van der Waals surface area contributed by atoms with Crippen LogP contribution in [0.2, 0.25) is 0 Å². The number of anilines is 2. The Morgan fingerprint density at radius 3 is 1.96 bits per heavy atom. The summed E-state index contributed by atoms with van der Waals surface area (Å²) in [4.78, 5) is 18.7. The first-order chi connectivity index (χ1) is 13.2. The highest BCUT2D eigenvalue weighted by Gasteiger charge is 2.29. The highest BCUT2D eigenvalue weighted by molar-refractivity contribution is 8.14. The number of carbonyl (C=O) groups excluding carboxylic acids is 1. The summed E-state index contributed by atoms with van der Waals surface area (Å²) < 4.78 is 13.3. The van der Waals surface area contributed by atoms with Crippen molar-refractivity contribution in [3.8, 4) is 0 Å². The first-order valence-corrected chi connectivity index (χ1v) is 9.52. The van der Waals surface area contributed by atoms with Gasteiger partial charge in [-0.25, -0.2) is 4.39 Å². The van der Waals surface area contributed by atoms with Crippen molar-refractivity contribution >= 4 is 34.2 Å². The molecule has 134 valence electrons. The largest absolute Gasteiger partial charge is 0.289 e. The third-order valence-electron chi connectivity index (χ3n) is 4.29. The van der Waals surface area contributed by atoms with Crippen LogP contribution < -0.4 is 4.90 Å². The molecule has 5 heteroatoms. The quantitative estimate of drug-likeness (QED) is 0.586. The predicted molar refractivity (Wildman–Crippen MR) is 109 cm³/mol. The number of carbonyl (C=O) groups is 1. The smallest absolute Gasteiger partial charge is 0.249 e. The first-order valence-electron chi connectivity index (χ1n) is 8.64. The molecule has 1 heterocycles. The number of amides is 1. The van der Waals surface area contributed by atoms with E-state index in [1.54, 1.807) is 12.1 Å². The van der Waals surface area contributed by atoms with Gasteiger partial charge in [-0.2, -0.15) is 4.99 Å². The summed E-state index contributed by atoms with van der Waals surface area (Å²) in [7, 11) is 0. The van der Waals surface area contributed by atoms with Crippen LogP contribution in [0.4, 0.5) is 15.8 Å². The van der Waals surface area contributed by atoms with Gasteiger partial charge in [0.1, 0.15) is 5.82 Å². The third kappa shape index (κ3) is 3.93. The maximum atomic E-state index is 13.3. The Labute approximate surface area is 161 Å². The maximum absolute atomic E-state index is 13.3. The maximum Gasteiger partial charge on any atom is 0.249 e. The van der Waals surface area contributed by atoms with E-state index in [-0.39, 0.29) is 17.0 Å². The molecule has 0 N–H and O–H groups in total. The summed E-state index contributed by atoms with van der Waals surface area (Å²) in [5, 5.41) is 0.526. The van der Waals surface area contributed by atoms with Crippen LogP contribution in [0.3, 0.4) is 0 Å².